The summed E-state index contributed by atoms with van der Waals surface area (Å²) in [7, 11) is 2.60. The maximum absolute atomic E-state index is 14.1. The number of carboxylic acid groups (broad SMARTS) is 1. The first-order chi connectivity index (χ1) is 15.7. The summed E-state index contributed by atoms with van der Waals surface area (Å²) in [6.07, 6.45) is -1.54. The van der Waals surface area contributed by atoms with Crippen LogP contribution < -0.4 is 19.4 Å². The fraction of sp³-hybridized carbons (Fsp3) is 0.300. The Hall–Kier alpha value is -4.00. The van der Waals surface area contributed by atoms with Gasteiger partial charge in [-0.3, -0.25) is 4.90 Å². The normalized spacial score (nSPS) is 15.0. The van der Waals surface area contributed by atoms with Crippen molar-refractivity contribution >= 4 is 23.4 Å². The maximum Gasteiger partial charge on any atom is 0.350 e. The zero-order valence-electron chi connectivity index (χ0n) is 17.9. The second kappa shape index (κ2) is 9.65. The van der Waals surface area contributed by atoms with Gasteiger partial charge >= 0.3 is 12.0 Å². The minimum Gasteiger partial charge on any atom is -0.496 e. The summed E-state index contributed by atoms with van der Waals surface area (Å²) in [6.45, 7) is 1.82. The standard InChI is InChI=1S/C20H21F2N5O6/c1-4-8-25(14-9-11(18(28)29)15(32-2)10-16(14)33-3)19(30)27-20(31)26(23-24-27)17-12(21)6-5-7-13(17)22/h5-7,9-10,20,31H,4,8H2,1-3H3,(H,28,29). The molecule has 0 bridgehead atoms. The Labute approximate surface area is 187 Å². The molecule has 176 valence electrons. The van der Waals surface area contributed by atoms with E-state index in [-0.39, 0.29) is 29.3 Å². The fourth-order valence-electron chi connectivity index (χ4n) is 3.21. The van der Waals surface area contributed by atoms with E-state index in [0.29, 0.717) is 16.4 Å². The molecule has 2 aromatic rings. The third kappa shape index (κ3) is 4.35. The summed E-state index contributed by atoms with van der Waals surface area (Å²) in [4.78, 5) is 26.1. The summed E-state index contributed by atoms with van der Waals surface area (Å²) in [5.41, 5.74) is -0.873. The highest BCUT2D eigenvalue weighted by molar-refractivity contribution is 5.98. The Morgan fingerprint density at radius 1 is 1.12 bits per heavy atom. The average Bonchev–Trinajstić information content (AvgIpc) is 3.16. The maximum atomic E-state index is 14.1. The summed E-state index contributed by atoms with van der Waals surface area (Å²) < 4.78 is 38.7. The van der Waals surface area contributed by atoms with Crippen LogP contribution in [0.2, 0.25) is 0 Å². The molecule has 0 fully saturated rings. The van der Waals surface area contributed by atoms with Crippen LogP contribution in [0.5, 0.6) is 11.5 Å². The molecular weight excluding hydrogens is 444 g/mol. The number of para-hydroxylation sites is 1. The number of carbonyl (C=O) groups excluding carboxylic acids is 1. The number of amides is 2. The SMILES string of the molecule is CCCN(C(=O)N1N=NN(c2c(F)cccc2F)C1O)c1cc(C(=O)O)c(OC)cc1OC. The molecular formula is C20H21F2N5O6. The Balaban J connectivity index is 2.00. The molecule has 3 rings (SSSR count). The molecule has 1 aliphatic heterocycles. The van der Waals surface area contributed by atoms with Crippen LogP contribution in [-0.2, 0) is 0 Å². The number of benzene rings is 2. The molecule has 2 N–H and O–H groups in total. The average molecular weight is 465 g/mol. The van der Waals surface area contributed by atoms with E-state index in [1.807, 2.05) is 0 Å². The number of carboxylic acids is 1. The summed E-state index contributed by atoms with van der Waals surface area (Å²) in [5.74, 6) is -3.22. The number of anilines is 2. The molecule has 2 amide bonds. The van der Waals surface area contributed by atoms with Crippen LogP contribution in [0.1, 0.15) is 23.7 Å². The van der Waals surface area contributed by atoms with Crippen molar-refractivity contribution in [3.05, 3.63) is 47.5 Å². The van der Waals surface area contributed by atoms with Gasteiger partial charge in [-0.1, -0.05) is 13.0 Å². The van der Waals surface area contributed by atoms with Crippen molar-refractivity contribution in [3.63, 3.8) is 0 Å². The quantitative estimate of drug-likeness (QED) is 0.642. The largest absolute Gasteiger partial charge is 0.496 e. The number of nitrogens with zero attached hydrogens (tertiary/aromatic N) is 5. The molecule has 1 atom stereocenters. The zero-order chi connectivity index (χ0) is 24.3. The second-order valence-corrected chi connectivity index (χ2v) is 6.75. The third-order valence-corrected chi connectivity index (χ3v) is 4.73. The van der Waals surface area contributed by atoms with E-state index >= 15 is 0 Å². The Bertz CT molecular complexity index is 1080. The third-order valence-electron chi connectivity index (χ3n) is 4.73. The number of methoxy groups -OCH3 is 2. The molecule has 0 radical (unpaired) electrons. The predicted molar refractivity (Wildman–Crippen MR) is 111 cm³/mol. The van der Waals surface area contributed by atoms with Crippen LogP contribution in [0.25, 0.3) is 0 Å². The monoisotopic (exact) mass is 465 g/mol. The second-order valence-electron chi connectivity index (χ2n) is 6.75. The number of urea groups is 1. The van der Waals surface area contributed by atoms with E-state index in [4.69, 9.17) is 9.47 Å². The molecule has 0 saturated heterocycles. The van der Waals surface area contributed by atoms with Crippen LogP contribution >= 0.6 is 0 Å². The molecule has 1 heterocycles. The summed E-state index contributed by atoms with van der Waals surface area (Å²) in [6, 6.07) is 4.61. The molecule has 0 spiro atoms. The number of aliphatic hydroxyl groups is 1. The van der Waals surface area contributed by atoms with Gasteiger partial charge in [-0.2, -0.15) is 5.01 Å². The lowest BCUT2D eigenvalue weighted by atomic mass is 10.1. The van der Waals surface area contributed by atoms with Crippen LogP contribution in [0.15, 0.2) is 40.8 Å². The van der Waals surface area contributed by atoms with E-state index in [2.05, 4.69) is 10.4 Å². The first-order valence-electron chi connectivity index (χ1n) is 9.68. The van der Waals surface area contributed by atoms with E-state index in [1.54, 1.807) is 6.92 Å². The molecule has 11 nitrogen and oxygen atoms in total. The summed E-state index contributed by atoms with van der Waals surface area (Å²) >= 11 is 0. The zero-order valence-corrected chi connectivity index (χ0v) is 17.9. The minimum atomic E-state index is -1.97. The van der Waals surface area contributed by atoms with Gasteiger partial charge in [0.2, 0.25) is 0 Å². The Kier molecular flexibility index (Phi) is 6.92. The van der Waals surface area contributed by atoms with E-state index < -0.39 is 35.7 Å². The van der Waals surface area contributed by atoms with Gasteiger partial charge in [-0.15, -0.1) is 5.01 Å². The Morgan fingerprint density at radius 2 is 1.76 bits per heavy atom. The number of rotatable bonds is 7. The molecule has 13 heteroatoms. The molecule has 33 heavy (non-hydrogen) atoms. The number of halogens is 2. The Morgan fingerprint density at radius 3 is 2.30 bits per heavy atom. The predicted octanol–water partition coefficient (Wildman–Crippen LogP) is 3.40. The van der Waals surface area contributed by atoms with Gasteiger partial charge in [-0.05, 0) is 35.1 Å². The number of aromatic carboxylic acids is 1. The number of carbonyl (C=O) groups is 2. The summed E-state index contributed by atoms with van der Waals surface area (Å²) in [5, 5.41) is 28.2. The van der Waals surface area contributed by atoms with Crippen molar-refractivity contribution in [1.29, 1.82) is 0 Å². The lowest BCUT2D eigenvalue weighted by Gasteiger charge is -2.29. The first-order valence-corrected chi connectivity index (χ1v) is 9.68. The molecule has 1 unspecified atom stereocenters. The van der Waals surface area contributed by atoms with Crippen LogP contribution in [-0.4, -0.2) is 54.3 Å². The minimum absolute atomic E-state index is 0.00842. The topological polar surface area (TPSA) is 128 Å². The number of hydrogen-bond donors (Lipinski definition) is 2. The van der Waals surface area contributed by atoms with E-state index in [9.17, 15) is 28.6 Å². The van der Waals surface area contributed by atoms with Crippen molar-refractivity contribution in [2.24, 2.45) is 10.4 Å². The highest BCUT2D eigenvalue weighted by Gasteiger charge is 2.39. The lowest BCUT2D eigenvalue weighted by Crippen LogP contribution is -2.48. The number of ether oxygens (including phenoxy) is 2. The number of hydrogen-bond acceptors (Lipinski definition) is 8. The highest BCUT2D eigenvalue weighted by atomic mass is 19.1. The van der Waals surface area contributed by atoms with Gasteiger partial charge < -0.3 is 19.7 Å². The van der Waals surface area contributed by atoms with Gasteiger partial charge in [0.15, 0.2) is 11.6 Å². The van der Waals surface area contributed by atoms with Gasteiger partial charge in [0, 0.05) is 12.6 Å². The van der Waals surface area contributed by atoms with Crippen LogP contribution in [0.4, 0.5) is 25.0 Å². The molecule has 0 saturated carbocycles. The molecule has 0 aliphatic carbocycles. The first kappa shape index (κ1) is 23.7. The molecule has 2 aromatic carbocycles. The van der Waals surface area contributed by atoms with Crippen LogP contribution in [0.3, 0.4) is 0 Å². The smallest absolute Gasteiger partial charge is 0.350 e. The van der Waals surface area contributed by atoms with Crippen molar-refractivity contribution < 1.29 is 38.1 Å². The number of aliphatic hydroxyl groups excluding tert-OH is 1. The van der Waals surface area contributed by atoms with Crippen molar-refractivity contribution in [1.82, 2.24) is 5.01 Å². The molecule has 0 aromatic heterocycles. The van der Waals surface area contributed by atoms with Gasteiger partial charge in [-0.25, -0.2) is 18.4 Å². The van der Waals surface area contributed by atoms with Crippen molar-refractivity contribution in [2.45, 2.75) is 19.7 Å². The van der Waals surface area contributed by atoms with E-state index in [1.165, 1.54) is 26.4 Å². The van der Waals surface area contributed by atoms with Crippen LogP contribution in [0, 0.1) is 11.6 Å². The fourth-order valence-corrected chi connectivity index (χ4v) is 3.21. The van der Waals surface area contributed by atoms with E-state index in [0.717, 1.165) is 23.1 Å². The van der Waals surface area contributed by atoms with Gasteiger partial charge in [0.25, 0.3) is 6.35 Å². The highest BCUT2D eigenvalue weighted by Crippen LogP contribution is 2.37. The lowest BCUT2D eigenvalue weighted by molar-refractivity contribution is 0.0530. The van der Waals surface area contributed by atoms with Gasteiger partial charge in [0.1, 0.15) is 22.7 Å². The van der Waals surface area contributed by atoms with Crippen molar-refractivity contribution in [2.75, 3.05) is 30.7 Å². The van der Waals surface area contributed by atoms with Crippen molar-refractivity contribution in [3.8, 4) is 11.5 Å². The van der Waals surface area contributed by atoms with Gasteiger partial charge in [0.05, 0.1) is 19.9 Å². The molecule has 1 aliphatic rings.